The molecule has 0 aromatic heterocycles. The summed E-state index contributed by atoms with van der Waals surface area (Å²) in [4.78, 5) is 1.97. The van der Waals surface area contributed by atoms with Crippen molar-refractivity contribution in [1.29, 1.82) is 0 Å². The highest BCUT2D eigenvalue weighted by Gasteiger charge is 2.31. The highest BCUT2D eigenvalue weighted by molar-refractivity contribution is 8.02. The van der Waals surface area contributed by atoms with E-state index in [1.165, 1.54) is 29.9 Å². The van der Waals surface area contributed by atoms with E-state index >= 15 is 0 Å². The van der Waals surface area contributed by atoms with E-state index in [-0.39, 0.29) is 11.8 Å². The van der Waals surface area contributed by atoms with Crippen LogP contribution in [0.4, 0.5) is 13.2 Å². The highest BCUT2D eigenvalue weighted by atomic mass is 32.2. The van der Waals surface area contributed by atoms with Crippen molar-refractivity contribution in [3.05, 3.63) is 17.7 Å². The van der Waals surface area contributed by atoms with E-state index in [9.17, 15) is 13.2 Å². The van der Waals surface area contributed by atoms with Crippen molar-refractivity contribution in [2.24, 2.45) is 0 Å². The molecular weight excluding hydrogens is 335 g/mol. The first kappa shape index (κ1) is 17.4. The van der Waals surface area contributed by atoms with Crippen molar-refractivity contribution >= 4 is 35.3 Å². The summed E-state index contributed by atoms with van der Waals surface area (Å²) in [7, 11) is 0. The predicted octanol–water partition coefficient (Wildman–Crippen LogP) is 5.04. The third-order valence-corrected chi connectivity index (χ3v) is 5.94. The second-order valence-corrected chi connectivity index (χ2v) is 7.66. The van der Waals surface area contributed by atoms with E-state index in [0.717, 1.165) is 29.8 Å². The zero-order valence-corrected chi connectivity index (χ0v) is 14.4. The summed E-state index contributed by atoms with van der Waals surface area (Å²) in [6.07, 6.45) is 6.95. The lowest BCUT2D eigenvalue weighted by Gasteiger charge is -2.17. The van der Waals surface area contributed by atoms with Crippen molar-refractivity contribution in [3.8, 4) is 0 Å². The number of hydrogen-bond acceptors (Lipinski definition) is 4. The predicted molar refractivity (Wildman–Crippen MR) is 86.6 cm³/mol. The van der Waals surface area contributed by atoms with Crippen LogP contribution in [0.15, 0.2) is 26.8 Å². The summed E-state index contributed by atoms with van der Waals surface area (Å²) < 4.78 is 38.0. The first-order valence-corrected chi connectivity index (χ1v) is 9.93. The van der Waals surface area contributed by atoms with Gasteiger partial charge in [0, 0.05) is 20.7 Å². The van der Waals surface area contributed by atoms with Crippen LogP contribution in [0.25, 0.3) is 0 Å². The lowest BCUT2D eigenvalue weighted by molar-refractivity contribution is -0.0329. The van der Waals surface area contributed by atoms with Gasteiger partial charge in [-0.1, -0.05) is 0 Å². The van der Waals surface area contributed by atoms with Crippen LogP contribution in [0.3, 0.4) is 0 Å². The van der Waals surface area contributed by atoms with Gasteiger partial charge in [-0.15, -0.1) is 23.5 Å². The molecule has 1 aliphatic heterocycles. The minimum atomic E-state index is -4.24. The zero-order chi connectivity index (χ0) is 15.5. The molecule has 1 aromatic rings. The molecular formula is C14H18F3NS3. The molecule has 1 atom stereocenters. The smallest absolute Gasteiger partial charge is 0.314 e. The van der Waals surface area contributed by atoms with Gasteiger partial charge in [0.15, 0.2) is 0 Å². The van der Waals surface area contributed by atoms with Crippen LogP contribution >= 0.6 is 35.3 Å². The van der Waals surface area contributed by atoms with E-state index in [1.54, 1.807) is 6.07 Å². The Kier molecular flexibility index (Phi) is 6.23. The Morgan fingerprint density at radius 2 is 1.86 bits per heavy atom. The Morgan fingerprint density at radius 3 is 2.38 bits per heavy atom. The maximum absolute atomic E-state index is 12.7. The average Bonchev–Trinajstić information content (AvgIpc) is 2.91. The standard InChI is InChI=1S/C14H18F3NS3/c1-19-11-8-13(21-14(15,16)17)12(20-2)7-9(11)6-10-4-3-5-18-10/h7-8,10,18H,3-6H2,1-2H3. The fourth-order valence-electron chi connectivity index (χ4n) is 2.49. The SMILES string of the molecule is CSc1cc(SC(F)(F)F)c(SC)cc1CC1CCCN1. The van der Waals surface area contributed by atoms with E-state index in [4.69, 9.17) is 0 Å². The van der Waals surface area contributed by atoms with Gasteiger partial charge in [0.1, 0.15) is 0 Å². The van der Waals surface area contributed by atoms with Gasteiger partial charge in [0.2, 0.25) is 0 Å². The molecule has 0 saturated carbocycles. The van der Waals surface area contributed by atoms with E-state index < -0.39 is 5.51 Å². The monoisotopic (exact) mass is 353 g/mol. The second-order valence-electron chi connectivity index (χ2n) is 4.86. The molecule has 0 amide bonds. The van der Waals surface area contributed by atoms with Gasteiger partial charge in [-0.25, -0.2) is 0 Å². The Balaban J connectivity index is 2.28. The molecule has 1 unspecified atom stereocenters. The van der Waals surface area contributed by atoms with Crippen molar-refractivity contribution < 1.29 is 13.2 Å². The molecule has 2 rings (SSSR count). The number of hydrogen-bond donors (Lipinski definition) is 1. The van der Waals surface area contributed by atoms with Gasteiger partial charge in [0.05, 0.1) is 0 Å². The minimum Gasteiger partial charge on any atom is -0.314 e. The molecule has 1 N–H and O–H groups in total. The number of benzene rings is 1. The van der Waals surface area contributed by atoms with Crippen LogP contribution in [0.5, 0.6) is 0 Å². The lowest BCUT2D eigenvalue weighted by atomic mass is 10.0. The summed E-state index contributed by atoms with van der Waals surface area (Å²) in [5.74, 6) is 0. The van der Waals surface area contributed by atoms with E-state index in [2.05, 4.69) is 5.32 Å². The number of alkyl halides is 3. The zero-order valence-electron chi connectivity index (χ0n) is 11.9. The van der Waals surface area contributed by atoms with Gasteiger partial charge in [-0.2, -0.15) is 13.2 Å². The normalized spacial score (nSPS) is 19.2. The van der Waals surface area contributed by atoms with Crippen molar-refractivity contribution in [2.45, 2.75) is 45.5 Å². The summed E-state index contributed by atoms with van der Waals surface area (Å²) in [6.45, 7) is 1.04. The number of halogens is 3. The maximum Gasteiger partial charge on any atom is 0.446 e. The van der Waals surface area contributed by atoms with E-state index in [0.29, 0.717) is 15.8 Å². The minimum absolute atomic E-state index is 0.0169. The third kappa shape index (κ3) is 5.01. The topological polar surface area (TPSA) is 12.0 Å². The third-order valence-electron chi connectivity index (χ3n) is 3.42. The van der Waals surface area contributed by atoms with Gasteiger partial charge >= 0.3 is 5.51 Å². The molecule has 1 nitrogen and oxygen atoms in total. The number of thioether (sulfide) groups is 3. The average molecular weight is 354 g/mol. The quantitative estimate of drug-likeness (QED) is 0.744. The van der Waals surface area contributed by atoms with Gasteiger partial charge in [0.25, 0.3) is 0 Å². The Morgan fingerprint density at radius 1 is 1.14 bits per heavy atom. The Hall–Kier alpha value is 0.0200. The molecule has 0 spiro atoms. The maximum atomic E-state index is 12.7. The second kappa shape index (κ2) is 7.53. The van der Waals surface area contributed by atoms with Crippen LogP contribution < -0.4 is 5.32 Å². The Bertz CT molecular complexity index is 485. The van der Waals surface area contributed by atoms with Crippen LogP contribution in [0, 0.1) is 0 Å². The summed E-state index contributed by atoms with van der Waals surface area (Å²) in [5, 5.41) is 3.45. The highest BCUT2D eigenvalue weighted by Crippen LogP contribution is 2.43. The molecule has 1 aliphatic rings. The molecule has 0 bridgehead atoms. The summed E-state index contributed by atoms with van der Waals surface area (Å²) in [5.41, 5.74) is -3.09. The molecule has 21 heavy (non-hydrogen) atoms. The first-order chi connectivity index (χ1) is 9.93. The van der Waals surface area contributed by atoms with Crippen LogP contribution in [-0.2, 0) is 6.42 Å². The van der Waals surface area contributed by atoms with Crippen LogP contribution in [-0.4, -0.2) is 30.6 Å². The van der Waals surface area contributed by atoms with Crippen molar-refractivity contribution in [1.82, 2.24) is 5.32 Å². The first-order valence-electron chi connectivity index (χ1n) is 6.67. The molecule has 118 valence electrons. The molecule has 1 saturated heterocycles. The van der Waals surface area contributed by atoms with Crippen LogP contribution in [0.1, 0.15) is 18.4 Å². The largest absolute Gasteiger partial charge is 0.446 e. The number of nitrogens with one attached hydrogen (secondary N) is 1. The Labute approximate surface area is 136 Å². The molecule has 1 aromatic carbocycles. The molecule has 1 fully saturated rings. The van der Waals surface area contributed by atoms with Crippen LogP contribution in [0.2, 0.25) is 0 Å². The fourth-order valence-corrected chi connectivity index (χ4v) is 4.69. The van der Waals surface area contributed by atoms with Gasteiger partial charge in [-0.05, 0) is 67.8 Å². The lowest BCUT2D eigenvalue weighted by Crippen LogP contribution is -2.23. The number of rotatable bonds is 5. The molecule has 0 aliphatic carbocycles. The van der Waals surface area contributed by atoms with Crippen molar-refractivity contribution in [3.63, 3.8) is 0 Å². The molecule has 0 radical (unpaired) electrons. The van der Waals surface area contributed by atoms with E-state index in [1.807, 2.05) is 18.6 Å². The summed E-state index contributed by atoms with van der Waals surface area (Å²) in [6, 6.07) is 4.08. The fraction of sp³-hybridized carbons (Fsp3) is 0.571. The molecule has 1 heterocycles. The summed E-state index contributed by atoms with van der Waals surface area (Å²) >= 11 is 2.88. The molecule has 7 heteroatoms. The van der Waals surface area contributed by atoms with Gasteiger partial charge in [-0.3, -0.25) is 0 Å². The van der Waals surface area contributed by atoms with Crippen molar-refractivity contribution in [2.75, 3.05) is 19.1 Å². The van der Waals surface area contributed by atoms with Gasteiger partial charge < -0.3 is 5.32 Å².